The molecule has 9 aromatic carbocycles. The molecule has 0 saturated heterocycles. The molecular formula is C46H32N2. The zero-order valence-corrected chi connectivity index (χ0v) is 26.4. The van der Waals surface area contributed by atoms with Crippen molar-refractivity contribution in [3.05, 3.63) is 194 Å². The minimum atomic E-state index is 1.10. The van der Waals surface area contributed by atoms with Crippen LogP contribution in [0.3, 0.4) is 0 Å². The smallest absolute Gasteiger partial charge is 0.0540 e. The van der Waals surface area contributed by atoms with Crippen LogP contribution in [0.4, 0.5) is 34.1 Å². The van der Waals surface area contributed by atoms with Crippen LogP contribution < -0.4 is 9.80 Å². The van der Waals surface area contributed by atoms with Crippen LogP contribution in [0.5, 0.6) is 0 Å². The lowest BCUT2D eigenvalue weighted by Crippen LogP contribution is -2.12. The number of nitrogens with zero attached hydrogens (tertiary/aromatic N) is 2. The molecule has 0 unspecified atom stereocenters. The molecule has 0 radical (unpaired) electrons. The van der Waals surface area contributed by atoms with Crippen molar-refractivity contribution in [3.63, 3.8) is 0 Å². The first-order valence-corrected chi connectivity index (χ1v) is 16.4. The Labute approximate surface area is 280 Å². The van der Waals surface area contributed by atoms with E-state index in [0.29, 0.717) is 0 Å². The summed E-state index contributed by atoms with van der Waals surface area (Å²) < 4.78 is 0. The number of fused-ring (bicyclic) bond motifs is 4. The van der Waals surface area contributed by atoms with Crippen molar-refractivity contribution in [3.8, 4) is 0 Å². The van der Waals surface area contributed by atoms with E-state index in [1.54, 1.807) is 0 Å². The molecule has 48 heavy (non-hydrogen) atoms. The van der Waals surface area contributed by atoms with Crippen LogP contribution in [0, 0.1) is 0 Å². The molecule has 9 aromatic rings. The lowest BCUT2D eigenvalue weighted by molar-refractivity contribution is 1.27. The second-order valence-corrected chi connectivity index (χ2v) is 12.3. The highest BCUT2D eigenvalue weighted by Crippen LogP contribution is 2.43. The summed E-state index contributed by atoms with van der Waals surface area (Å²) in [5.41, 5.74) is 6.74. The average molecular weight is 613 g/mol. The second kappa shape index (κ2) is 11.8. The van der Waals surface area contributed by atoms with Gasteiger partial charge in [-0.25, -0.2) is 0 Å². The minimum absolute atomic E-state index is 1.10. The second-order valence-electron chi connectivity index (χ2n) is 12.3. The summed E-state index contributed by atoms with van der Waals surface area (Å²) in [6, 6.07) is 70.0. The van der Waals surface area contributed by atoms with Gasteiger partial charge in [-0.05, 0) is 117 Å². The monoisotopic (exact) mass is 612 g/mol. The molecule has 0 aliphatic rings. The molecule has 9 rings (SSSR count). The first kappa shape index (κ1) is 27.9. The Hall–Kier alpha value is -6.38. The van der Waals surface area contributed by atoms with Gasteiger partial charge in [0, 0.05) is 33.5 Å². The molecule has 226 valence electrons. The van der Waals surface area contributed by atoms with E-state index in [4.69, 9.17) is 0 Å². The molecule has 0 spiro atoms. The van der Waals surface area contributed by atoms with Crippen LogP contribution in [-0.2, 0) is 0 Å². The van der Waals surface area contributed by atoms with E-state index in [-0.39, 0.29) is 0 Å². The van der Waals surface area contributed by atoms with Gasteiger partial charge in [0.05, 0.1) is 11.4 Å². The molecule has 0 heterocycles. The Morgan fingerprint density at radius 1 is 0.229 bits per heavy atom. The number of rotatable bonds is 6. The van der Waals surface area contributed by atoms with Crippen molar-refractivity contribution in [2.75, 3.05) is 9.80 Å². The van der Waals surface area contributed by atoms with Gasteiger partial charge >= 0.3 is 0 Å². The van der Waals surface area contributed by atoms with Crippen molar-refractivity contribution in [1.82, 2.24) is 0 Å². The molecule has 0 amide bonds. The third-order valence-electron chi connectivity index (χ3n) is 9.32. The SMILES string of the molecule is c1ccc(N(c2ccc(N(c3ccccc3)c3cccc4cc5ccccc5cc34)cc2)c2cccc3cc4ccccc4cc23)cc1. The summed E-state index contributed by atoms with van der Waals surface area (Å²) >= 11 is 0. The van der Waals surface area contributed by atoms with E-state index >= 15 is 0 Å². The Kier molecular flexibility index (Phi) is 6.84. The third-order valence-corrected chi connectivity index (χ3v) is 9.32. The van der Waals surface area contributed by atoms with Crippen molar-refractivity contribution in [2.24, 2.45) is 0 Å². The zero-order chi connectivity index (χ0) is 31.9. The fourth-order valence-corrected chi connectivity index (χ4v) is 7.05. The van der Waals surface area contributed by atoms with E-state index in [1.807, 2.05) is 0 Å². The maximum atomic E-state index is 2.37. The van der Waals surface area contributed by atoms with Crippen LogP contribution in [0.2, 0.25) is 0 Å². The van der Waals surface area contributed by atoms with Crippen LogP contribution >= 0.6 is 0 Å². The van der Waals surface area contributed by atoms with E-state index in [1.165, 1.54) is 43.1 Å². The highest BCUT2D eigenvalue weighted by molar-refractivity contribution is 6.07. The summed E-state index contributed by atoms with van der Waals surface area (Å²) in [5.74, 6) is 0. The van der Waals surface area contributed by atoms with Gasteiger partial charge in [-0.1, -0.05) is 109 Å². The first-order valence-electron chi connectivity index (χ1n) is 16.4. The van der Waals surface area contributed by atoms with E-state index in [2.05, 4.69) is 204 Å². The topological polar surface area (TPSA) is 6.48 Å². The van der Waals surface area contributed by atoms with Gasteiger partial charge in [-0.3, -0.25) is 0 Å². The van der Waals surface area contributed by atoms with Crippen LogP contribution in [0.15, 0.2) is 194 Å². The number of para-hydroxylation sites is 2. The quantitative estimate of drug-likeness (QED) is 0.172. The molecule has 0 bridgehead atoms. The molecule has 2 nitrogen and oxygen atoms in total. The van der Waals surface area contributed by atoms with Gasteiger partial charge in [0.1, 0.15) is 0 Å². The first-order chi connectivity index (χ1) is 23.8. The molecule has 0 aliphatic heterocycles. The maximum Gasteiger partial charge on any atom is 0.0540 e. The van der Waals surface area contributed by atoms with Crippen molar-refractivity contribution >= 4 is 77.2 Å². The summed E-state index contributed by atoms with van der Waals surface area (Å²) in [6.45, 7) is 0. The predicted octanol–water partition coefficient (Wildman–Crippen LogP) is 13.2. The van der Waals surface area contributed by atoms with Crippen molar-refractivity contribution < 1.29 is 0 Å². The number of hydrogen-bond donors (Lipinski definition) is 0. The summed E-state index contributed by atoms with van der Waals surface area (Å²) in [5, 5.41) is 9.87. The molecular weight excluding hydrogens is 581 g/mol. The Balaban J connectivity index is 1.21. The Morgan fingerprint density at radius 2 is 0.542 bits per heavy atom. The van der Waals surface area contributed by atoms with Gasteiger partial charge in [0.15, 0.2) is 0 Å². The van der Waals surface area contributed by atoms with Crippen LogP contribution in [-0.4, -0.2) is 0 Å². The van der Waals surface area contributed by atoms with Gasteiger partial charge in [0.25, 0.3) is 0 Å². The highest BCUT2D eigenvalue weighted by Gasteiger charge is 2.19. The molecule has 0 fully saturated rings. The third kappa shape index (κ3) is 4.92. The van der Waals surface area contributed by atoms with Crippen molar-refractivity contribution in [2.45, 2.75) is 0 Å². The lowest BCUT2D eigenvalue weighted by atomic mass is 10.0. The summed E-state index contributed by atoms with van der Waals surface area (Å²) in [4.78, 5) is 4.75. The number of benzene rings is 9. The van der Waals surface area contributed by atoms with Crippen LogP contribution in [0.1, 0.15) is 0 Å². The van der Waals surface area contributed by atoms with Gasteiger partial charge in [-0.2, -0.15) is 0 Å². The fourth-order valence-electron chi connectivity index (χ4n) is 7.05. The molecule has 0 N–H and O–H groups in total. The van der Waals surface area contributed by atoms with E-state index in [9.17, 15) is 0 Å². The molecule has 0 aliphatic carbocycles. The Morgan fingerprint density at radius 3 is 0.938 bits per heavy atom. The fraction of sp³-hybridized carbons (Fsp3) is 0. The van der Waals surface area contributed by atoms with E-state index < -0.39 is 0 Å². The summed E-state index contributed by atoms with van der Waals surface area (Å²) in [6.07, 6.45) is 0. The average Bonchev–Trinajstić information content (AvgIpc) is 3.15. The minimum Gasteiger partial charge on any atom is -0.310 e. The standard InChI is InChI=1S/C46H32N2/c1-3-19-39(20-4-1)47(45-23-11-17-37-29-33-13-7-9-15-35(33)31-43(37)45)41-25-27-42(28-26-41)48(40-21-5-2-6-22-40)46-24-12-18-38-30-34-14-8-10-16-36(34)32-44(38)46/h1-32H. The summed E-state index contributed by atoms with van der Waals surface area (Å²) in [7, 11) is 0. The maximum absolute atomic E-state index is 2.37. The largest absolute Gasteiger partial charge is 0.310 e. The molecule has 2 heteroatoms. The molecule has 0 aromatic heterocycles. The van der Waals surface area contributed by atoms with Crippen LogP contribution in [0.25, 0.3) is 43.1 Å². The van der Waals surface area contributed by atoms with Gasteiger partial charge in [0.2, 0.25) is 0 Å². The normalized spacial score (nSPS) is 11.3. The molecule has 0 saturated carbocycles. The van der Waals surface area contributed by atoms with Gasteiger partial charge < -0.3 is 9.80 Å². The zero-order valence-electron chi connectivity index (χ0n) is 26.4. The molecule has 0 atom stereocenters. The highest BCUT2D eigenvalue weighted by atomic mass is 15.2. The van der Waals surface area contributed by atoms with E-state index in [0.717, 1.165) is 34.1 Å². The number of anilines is 6. The number of hydrogen-bond acceptors (Lipinski definition) is 2. The predicted molar refractivity (Wildman–Crippen MR) is 206 cm³/mol. The van der Waals surface area contributed by atoms with Gasteiger partial charge in [-0.15, -0.1) is 0 Å². The Bertz CT molecular complexity index is 2370. The lowest BCUT2D eigenvalue weighted by Gasteiger charge is -2.29. The van der Waals surface area contributed by atoms with Crippen molar-refractivity contribution in [1.29, 1.82) is 0 Å².